The van der Waals surface area contributed by atoms with Crippen LogP contribution in [0.1, 0.15) is 57.8 Å². The van der Waals surface area contributed by atoms with E-state index < -0.39 is 11.9 Å². The Balaban J connectivity index is 1.61. The smallest absolute Gasteiger partial charge is 0.317 e. The summed E-state index contributed by atoms with van der Waals surface area (Å²) in [6, 6.07) is 0.180. The fraction of sp³-hybridized carbons (Fsp3) is 0.875. The number of carboxylic acid groups (broad SMARTS) is 1. The van der Waals surface area contributed by atoms with Gasteiger partial charge >= 0.3 is 12.0 Å². The third kappa shape index (κ3) is 3.01. The highest BCUT2D eigenvalue weighted by molar-refractivity contribution is 5.77. The lowest BCUT2D eigenvalue weighted by atomic mass is 9.84. The Bertz CT molecular complexity index is 412. The van der Waals surface area contributed by atoms with Crippen LogP contribution in [0.4, 0.5) is 4.79 Å². The molecule has 4 unspecified atom stereocenters. The number of carbonyl (C=O) groups is 2. The molecule has 2 saturated carbocycles. The van der Waals surface area contributed by atoms with Gasteiger partial charge in [0.25, 0.3) is 0 Å². The monoisotopic (exact) mass is 294 g/mol. The number of urea groups is 1. The number of fused-ring (bicyclic) bond motifs is 1. The standard InChI is InChI=1S/C16H26N2O3/c19-15(20)12-6-2-3-7-13(12)17-16(21)18-10-9-11-5-1-4-8-14(11)18/h11-14H,1-10H2,(H,17,21)(H,19,20). The highest BCUT2D eigenvalue weighted by Crippen LogP contribution is 2.36. The molecule has 2 aliphatic carbocycles. The van der Waals surface area contributed by atoms with Gasteiger partial charge < -0.3 is 15.3 Å². The highest BCUT2D eigenvalue weighted by atomic mass is 16.4. The SMILES string of the molecule is O=C(O)C1CCCCC1NC(=O)N1CCC2CCCCC21. The summed E-state index contributed by atoms with van der Waals surface area (Å²) in [4.78, 5) is 25.9. The van der Waals surface area contributed by atoms with E-state index >= 15 is 0 Å². The molecule has 2 N–H and O–H groups in total. The third-order valence-corrected chi connectivity index (χ3v) is 5.66. The quantitative estimate of drug-likeness (QED) is 0.822. The number of rotatable bonds is 2. The zero-order chi connectivity index (χ0) is 14.8. The topological polar surface area (TPSA) is 69.6 Å². The first-order valence-corrected chi connectivity index (χ1v) is 8.47. The summed E-state index contributed by atoms with van der Waals surface area (Å²) in [6.07, 6.45) is 9.44. The zero-order valence-corrected chi connectivity index (χ0v) is 12.6. The van der Waals surface area contributed by atoms with E-state index in [4.69, 9.17) is 0 Å². The predicted octanol–water partition coefficient (Wildman–Crippen LogP) is 2.60. The number of carboxylic acids is 1. The van der Waals surface area contributed by atoms with Gasteiger partial charge in [-0.15, -0.1) is 0 Å². The van der Waals surface area contributed by atoms with Crippen LogP contribution in [0.3, 0.4) is 0 Å². The third-order valence-electron chi connectivity index (χ3n) is 5.66. The number of hydrogen-bond donors (Lipinski definition) is 2. The van der Waals surface area contributed by atoms with Crippen molar-refractivity contribution in [2.75, 3.05) is 6.54 Å². The van der Waals surface area contributed by atoms with Crippen LogP contribution in [0.15, 0.2) is 0 Å². The summed E-state index contributed by atoms with van der Waals surface area (Å²) in [6.45, 7) is 0.839. The first-order valence-electron chi connectivity index (χ1n) is 8.47. The fourth-order valence-electron chi connectivity index (χ4n) is 4.50. The highest BCUT2D eigenvalue weighted by Gasteiger charge is 2.40. The molecule has 0 aromatic heterocycles. The van der Waals surface area contributed by atoms with Crippen molar-refractivity contribution >= 4 is 12.0 Å². The van der Waals surface area contributed by atoms with E-state index in [1.807, 2.05) is 4.90 Å². The van der Waals surface area contributed by atoms with E-state index in [1.165, 1.54) is 19.3 Å². The van der Waals surface area contributed by atoms with Crippen LogP contribution < -0.4 is 5.32 Å². The number of likely N-dealkylation sites (tertiary alicyclic amines) is 1. The maximum absolute atomic E-state index is 12.6. The second kappa shape index (κ2) is 6.24. The van der Waals surface area contributed by atoms with Crippen molar-refractivity contribution in [3.63, 3.8) is 0 Å². The molecule has 1 heterocycles. The van der Waals surface area contributed by atoms with Gasteiger partial charge in [-0.25, -0.2) is 4.79 Å². The summed E-state index contributed by atoms with van der Waals surface area (Å²) in [5.74, 6) is -0.504. The second-order valence-electron chi connectivity index (χ2n) is 6.88. The molecule has 118 valence electrons. The van der Waals surface area contributed by atoms with Crippen LogP contribution in [0, 0.1) is 11.8 Å². The average Bonchev–Trinajstić information content (AvgIpc) is 2.91. The van der Waals surface area contributed by atoms with Gasteiger partial charge in [-0.2, -0.15) is 0 Å². The first-order chi connectivity index (χ1) is 10.2. The van der Waals surface area contributed by atoms with Crippen LogP contribution in [-0.4, -0.2) is 40.6 Å². The predicted molar refractivity (Wildman–Crippen MR) is 79.0 cm³/mol. The van der Waals surface area contributed by atoms with Crippen molar-refractivity contribution in [2.45, 2.75) is 69.9 Å². The maximum atomic E-state index is 12.6. The lowest BCUT2D eigenvalue weighted by Crippen LogP contribution is -2.52. The summed E-state index contributed by atoms with van der Waals surface area (Å²) < 4.78 is 0. The molecule has 3 aliphatic rings. The summed E-state index contributed by atoms with van der Waals surface area (Å²) in [5.41, 5.74) is 0. The molecule has 0 aromatic carbocycles. The molecule has 5 nitrogen and oxygen atoms in total. The van der Waals surface area contributed by atoms with E-state index in [9.17, 15) is 14.7 Å². The summed E-state index contributed by atoms with van der Waals surface area (Å²) in [5, 5.41) is 12.3. The Morgan fingerprint density at radius 1 is 0.952 bits per heavy atom. The molecule has 3 rings (SSSR count). The van der Waals surface area contributed by atoms with Gasteiger partial charge in [-0.1, -0.05) is 25.7 Å². The Morgan fingerprint density at radius 3 is 2.48 bits per heavy atom. The number of carbonyl (C=O) groups excluding carboxylic acids is 1. The van der Waals surface area contributed by atoms with Crippen molar-refractivity contribution in [1.29, 1.82) is 0 Å². The largest absolute Gasteiger partial charge is 0.481 e. The molecular formula is C16H26N2O3. The molecule has 1 aliphatic heterocycles. The minimum atomic E-state index is -0.767. The molecule has 2 amide bonds. The van der Waals surface area contributed by atoms with Crippen LogP contribution in [0.25, 0.3) is 0 Å². The lowest BCUT2D eigenvalue weighted by Gasteiger charge is -2.35. The molecule has 4 atom stereocenters. The summed E-state index contributed by atoms with van der Waals surface area (Å²) in [7, 11) is 0. The van der Waals surface area contributed by atoms with Crippen molar-refractivity contribution < 1.29 is 14.7 Å². The van der Waals surface area contributed by atoms with Crippen molar-refractivity contribution in [1.82, 2.24) is 10.2 Å². The molecule has 21 heavy (non-hydrogen) atoms. The van der Waals surface area contributed by atoms with Gasteiger partial charge in [0.1, 0.15) is 0 Å². The number of nitrogens with one attached hydrogen (secondary N) is 1. The van der Waals surface area contributed by atoms with E-state index in [0.717, 1.165) is 38.6 Å². The van der Waals surface area contributed by atoms with Gasteiger partial charge in [0.05, 0.1) is 5.92 Å². The van der Waals surface area contributed by atoms with Gasteiger partial charge in [0.2, 0.25) is 0 Å². The minimum Gasteiger partial charge on any atom is -0.481 e. The Morgan fingerprint density at radius 2 is 1.67 bits per heavy atom. The van der Waals surface area contributed by atoms with Gasteiger partial charge in [0.15, 0.2) is 0 Å². The van der Waals surface area contributed by atoms with Gasteiger partial charge in [-0.05, 0) is 38.0 Å². The lowest BCUT2D eigenvalue weighted by molar-refractivity contribution is -0.143. The molecule has 0 spiro atoms. The molecule has 3 fully saturated rings. The van der Waals surface area contributed by atoms with Crippen molar-refractivity contribution in [3.05, 3.63) is 0 Å². The molecule has 0 bridgehead atoms. The van der Waals surface area contributed by atoms with Crippen LogP contribution in [-0.2, 0) is 4.79 Å². The van der Waals surface area contributed by atoms with Crippen molar-refractivity contribution in [3.8, 4) is 0 Å². The second-order valence-corrected chi connectivity index (χ2v) is 6.88. The van der Waals surface area contributed by atoms with E-state index in [0.29, 0.717) is 18.4 Å². The van der Waals surface area contributed by atoms with E-state index in [-0.39, 0.29) is 12.1 Å². The molecule has 0 aromatic rings. The Kier molecular flexibility index (Phi) is 4.36. The number of hydrogen-bond acceptors (Lipinski definition) is 2. The minimum absolute atomic E-state index is 0.0254. The van der Waals surface area contributed by atoms with Crippen molar-refractivity contribution in [2.24, 2.45) is 11.8 Å². The van der Waals surface area contributed by atoms with E-state index in [1.54, 1.807) is 0 Å². The molecule has 5 heteroatoms. The zero-order valence-electron chi connectivity index (χ0n) is 12.6. The fourth-order valence-corrected chi connectivity index (χ4v) is 4.50. The number of amides is 2. The molecule has 0 radical (unpaired) electrons. The first kappa shape index (κ1) is 14.7. The van der Waals surface area contributed by atoms with Crippen LogP contribution >= 0.6 is 0 Å². The number of aliphatic carboxylic acids is 1. The Hall–Kier alpha value is -1.26. The number of nitrogens with zero attached hydrogens (tertiary/aromatic N) is 1. The normalized spacial score (nSPS) is 36.1. The molecular weight excluding hydrogens is 268 g/mol. The Labute approximate surface area is 126 Å². The molecule has 1 saturated heterocycles. The van der Waals surface area contributed by atoms with Gasteiger partial charge in [-0.3, -0.25) is 4.79 Å². The summed E-state index contributed by atoms with van der Waals surface area (Å²) >= 11 is 0. The van der Waals surface area contributed by atoms with E-state index in [2.05, 4.69) is 5.32 Å². The van der Waals surface area contributed by atoms with Crippen LogP contribution in [0.5, 0.6) is 0 Å². The van der Waals surface area contributed by atoms with Crippen LogP contribution in [0.2, 0.25) is 0 Å². The average molecular weight is 294 g/mol. The van der Waals surface area contributed by atoms with Gasteiger partial charge in [0, 0.05) is 18.6 Å². The maximum Gasteiger partial charge on any atom is 0.317 e.